The van der Waals surface area contributed by atoms with Crippen LogP contribution in [0.5, 0.6) is 0 Å². The van der Waals surface area contributed by atoms with Crippen LogP contribution in [0, 0.1) is 0 Å². The van der Waals surface area contributed by atoms with Gasteiger partial charge < -0.3 is 10.2 Å². The molecular formula is C19H23N3O. The molecule has 120 valence electrons. The Bertz CT molecular complexity index is 615. The molecule has 1 N–H and O–H groups in total. The first-order chi connectivity index (χ1) is 11.3. The Labute approximate surface area is 137 Å². The van der Waals surface area contributed by atoms with E-state index in [9.17, 15) is 4.79 Å². The Morgan fingerprint density at radius 3 is 2.78 bits per heavy atom. The summed E-state index contributed by atoms with van der Waals surface area (Å²) >= 11 is 0. The molecule has 1 aromatic carbocycles. The van der Waals surface area contributed by atoms with Crippen LogP contribution in [-0.4, -0.2) is 29.0 Å². The molecule has 23 heavy (non-hydrogen) atoms. The number of urea groups is 1. The third-order valence-corrected chi connectivity index (χ3v) is 4.45. The quantitative estimate of drug-likeness (QED) is 0.942. The van der Waals surface area contributed by atoms with Crippen molar-refractivity contribution < 1.29 is 4.79 Å². The second-order valence-electron chi connectivity index (χ2n) is 6.05. The maximum atomic E-state index is 12.4. The number of rotatable bonds is 3. The molecular weight excluding hydrogens is 286 g/mol. The van der Waals surface area contributed by atoms with Crippen molar-refractivity contribution in [2.24, 2.45) is 0 Å². The molecule has 0 spiro atoms. The molecule has 2 heterocycles. The van der Waals surface area contributed by atoms with Gasteiger partial charge in [0.05, 0.1) is 0 Å². The summed E-state index contributed by atoms with van der Waals surface area (Å²) in [7, 11) is 0. The highest BCUT2D eigenvalue weighted by Crippen LogP contribution is 2.27. The second-order valence-corrected chi connectivity index (χ2v) is 6.05. The molecule has 1 aliphatic rings. The molecule has 1 atom stereocenters. The zero-order valence-electron chi connectivity index (χ0n) is 13.3. The molecule has 0 bridgehead atoms. The van der Waals surface area contributed by atoms with Crippen LogP contribution in [0.3, 0.4) is 0 Å². The van der Waals surface area contributed by atoms with E-state index in [1.807, 2.05) is 17.0 Å². The zero-order chi connectivity index (χ0) is 15.9. The molecule has 1 aromatic heterocycles. The van der Waals surface area contributed by atoms with Crippen LogP contribution >= 0.6 is 0 Å². The Hall–Kier alpha value is -2.36. The van der Waals surface area contributed by atoms with Crippen molar-refractivity contribution in [3.05, 3.63) is 66.0 Å². The molecule has 4 heteroatoms. The van der Waals surface area contributed by atoms with E-state index in [1.165, 1.54) is 5.56 Å². The van der Waals surface area contributed by atoms with Crippen molar-refractivity contribution in [3.63, 3.8) is 0 Å². The number of pyridine rings is 1. The fourth-order valence-corrected chi connectivity index (χ4v) is 3.15. The molecule has 2 aromatic rings. The van der Waals surface area contributed by atoms with Gasteiger partial charge in [-0.25, -0.2) is 4.79 Å². The molecule has 3 rings (SSSR count). The van der Waals surface area contributed by atoms with Crippen LogP contribution in [0.1, 0.15) is 36.3 Å². The van der Waals surface area contributed by atoms with Crippen molar-refractivity contribution in [1.82, 2.24) is 15.2 Å². The average Bonchev–Trinajstić information content (AvgIpc) is 2.87. The lowest BCUT2D eigenvalue weighted by molar-refractivity contribution is 0.199. The number of amides is 2. The molecule has 0 radical (unpaired) electrons. The van der Waals surface area contributed by atoms with E-state index < -0.39 is 0 Å². The lowest BCUT2D eigenvalue weighted by Crippen LogP contribution is -2.40. The van der Waals surface area contributed by atoms with Crippen LogP contribution in [-0.2, 0) is 6.54 Å². The normalized spacial score (nSPS) is 18.3. The van der Waals surface area contributed by atoms with Gasteiger partial charge in [0.25, 0.3) is 0 Å². The fraction of sp³-hybridized carbons (Fsp3) is 0.368. The van der Waals surface area contributed by atoms with Crippen LogP contribution in [0.4, 0.5) is 4.79 Å². The number of benzene rings is 1. The highest BCUT2D eigenvalue weighted by Gasteiger charge is 2.21. The van der Waals surface area contributed by atoms with Crippen molar-refractivity contribution in [3.8, 4) is 0 Å². The highest BCUT2D eigenvalue weighted by atomic mass is 16.2. The van der Waals surface area contributed by atoms with E-state index in [1.54, 1.807) is 12.4 Å². The number of carbonyl (C=O) groups excluding carboxylic acids is 1. The van der Waals surface area contributed by atoms with Crippen molar-refractivity contribution >= 4 is 6.03 Å². The first-order valence-corrected chi connectivity index (χ1v) is 8.29. The van der Waals surface area contributed by atoms with Crippen LogP contribution in [0.25, 0.3) is 0 Å². The van der Waals surface area contributed by atoms with Gasteiger partial charge in [0.1, 0.15) is 0 Å². The predicted octanol–water partition coefficient (Wildman–Crippen LogP) is 3.56. The number of likely N-dealkylation sites (tertiary alicyclic amines) is 1. The van der Waals surface area contributed by atoms with Crippen LogP contribution in [0.2, 0.25) is 0 Å². The van der Waals surface area contributed by atoms with Crippen LogP contribution < -0.4 is 5.32 Å². The summed E-state index contributed by atoms with van der Waals surface area (Å²) in [6.45, 7) is 2.19. The maximum absolute atomic E-state index is 12.4. The zero-order valence-corrected chi connectivity index (χ0v) is 13.3. The molecule has 0 unspecified atom stereocenters. The lowest BCUT2D eigenvalue weighted by Gasteiger charge is -2.21. The highest BCUT2D eigenvalue weighted by molar-refractivity contribution is 5.74. The number of hydrogen-bond donors (Lipinski definition) is 1. The largest absolute Gasteiger partial charge is 0.334 e. The summed E-state index contributed by atoms with van der Waals surface area (Å²) in [5.74, 6) is 0.562. The predicted molar refractivity (Wildman–Crippen MR) is 91.1 cm³/mol. The SMILES string of the molecule is O=C(NCc1cccnc1)N1CCC[C@H](c2ccccc2)CC1. The standard InChI is InChI=1S/C19H23N3O/c23-19(21-15-16-6-4-11-20-14-16)22-12-5-9-18(10-13-22)17-7-2-1-3-8-17/h1-4,6-8,11,14,18H,5,9-10,12-13,15H2,(H,21,23)/t18-/m0/s1. The summed E-state index contributed by atoms with van der Waals surface area (Å²) in [5, 5.41) is 3.00. The minimum atomic E-state index is 0.0302. The summed E-state index contributed by atoms with van der Waals surface area (Å²) < 4.78 is 0. The number of nitrogens with one attached hydrogen (secondary N) is 1. The van der Waals surface area contributed by atoms with E-state index in [2.05, 4.69) is 40.6 Å². The van der Waals surface area contributed by atoms with Gasteiger partial charge >= 0.3 is 6.03 Å². The molecule has 0 aliphatic carbocycles. The van der Waals surface area contributed by atoms with Gasteiger partial charge in [-0.05, 0) is 42.4 Å². The van der Waals surface area contributed by atoms with E-state index >= 15 is 0 Å². The second kappa shape index (κ2) is 7.77. The Morgan fingerprint density at radius 1 is 1.13 bits per heavy atom. The summed E-state index contributed by atoms with van der Waals surface area (Å²) in [5.41, 5.74) is 2.42. The van der Waals surface area contributed by atoms with Gasteiger partial charge in [-0.3, -0.25) is 4.98 Å². The lowest BCUT2D eigenvalue weighted by atomic mass is 9.92. The summed E-state index contributed by atoms with van der Waals surface area (Å²) in [6.07, 6.45) is 6.76. The molecule has 2 amide bonds. The van der Waals surface area contributed by atoms with Crippen LogP contribution in [0.15, 0.2) is 54.9 Å². The summed E-state index contributed by atoms with van der Waals surface area (Å²) in [6, 6.07) is 14.5. The smallest absolute Gasteiger partial charge is 0.317 e. The minimum Gasteiger partial charge on any atom is -0.334 e. The molecule has 1 fully saturated rings. The van der Waals surface area contributed by atoms with E-state index in [4.69, 9.17) is 0 Å². The Kier molecular flexibility index (Phi) is 5.25. The van der Waals surface area contributed by atoms with Gasteiger partial charge in [-0.2, -0.15) is 0 Å². The molecule has 0 saturated carbocycles. The first-order valence-electron chi connectivity index (χ1n) is 8.29. The topological polar surface area (TPSA) is 45.2 Å². The van der Waals surface area contributed by atoms with Gasteiger partial charge in [0, 0.05) is 32.0 Å². The number of hydrogen-bond acceptors (Lipinski definition) is 2. The number of nitrogens with zero attached hydrogens (tertiary/aromatic N) is 2. The Morgan fingerprint density at radius 2 is 2.00 bits per heavy atom. The summed E-state index contributed by atoms with van der Waals surface area (Å²) in [4.78, 5) is 18.4. The van der Waals surface area contributed by atoms with Crippen molar-refractivity contribution in [2.45, 2.75) is 31.7 Å². The molecule has 1 saturated heterocycles. The third-order valence-electron chi connectivity index (χ3n) is 4.45. The van der Waals surface area contributed by atoms with Crippen molar-refractivity contribution in [1.29, 1.82) is 0 Å². The third kappa shape index (κ3) is 4.31. The number of aromatic nitrogens is 1. The first kappa shape index (κ1) is 15.5. The fourth-order valence-electron chi connectivity index (χ4n) is 3.15. The van der Waals surface area contributed by atoms with Gasteiger partial charge in [-0.15, -0.1) is 0 Å². The van der Waals surface area contributed by atoms with Gasteiger partial charge in [-0.1, -0.05) is 36.4 Å². The Balaban J connectivity index is 1.52. The molecule has 1 aliphatic heterocycles. The van der Waals surface area contributed by atoms with Crippen molar-refractivity contribution in [2.75, 3.05) is 13.1 Å². The van der Waals surface area contributed by atoms with Gasteiger partial charge in [0.15, 0.2) is 0 Å². The van der Waals surface area contributed by atoms with E-state index in [0.29, 0.717) is 12.5 Å². The van der Waals surface area contributed by atoms with Gasteiger partial charge in [0.2, 0.25) is 0 Å². The average molecular weight is 309 g/mol. The van der Waals surface area contributed by atoms with E-state index in [0.717, 1.165) is 37.9 Å². The number of carbonyl (C=O) groups is 1. The minimum absolute atomic E-state index is 0.0302. The maximum Gasteiger partial charge on any atom is 0.317 e. The monoisotopic (exact) mass is 309 g/mol. The molecule has 4 nitrogen and oxygen atoms in total. The van der Waals surface area contributed by atoms with E-state index in [-0.39, 0.29) is 6.03 Å².